The van der Waals surface area contributed by atoms with Crippen LogP contribution in [0.5, 0.6) is 0 Å². The van der Waals surface area contributed by atoms with E-state index in [1.807, 2.05) is 12.3 Å². The molecule has 0 aromatic carbocycles. The molecule has 0 aliphatic rings. The molecular formula is C11H17ClN2O2S2. The van der Waals surface area contributed by atoms with Gasteiger partial charge in [-0.1, -0.05) is 0 Å². The summed E-state index contributed by atoms with van der Waals surface area (Å²) in [6, 6.07) is 0.0360. The van der Waals surface area contributed by atoms with Gasteiger partial charge in [0.15, 0.2) is 0 Å². The molecule has 1 aromatic rings. The molecule has 0 aliphatic carbocycles. The quantitative estimate of drug-likeness (QED) is 0.780. The molecule has 7 heteroatoms. The standard InChI is InChI=1S/C11H17ClN2O2S2/c1-8(3-4-18(2)16)13-10(15)5-11-14-9(6-12)7-17-11/h7-8H,3-6H2,1-2H3,(H,13,15). The van der Waals surface area contributed by atoms with Crippen LogP contribution in [0.3, 0.4) is 0 Å². The highest BCUT2D eigenvalue weighted by atomic mass is 35.5. The fraction of sp³-hybridized carbons (Fsp3) is 0.636. The number of carbonyl (C=O) groups excluding carboxylic acids is 1. The molecule has 1 heterocycles. The van der Waals surface area contributed by atoms with Gasteiger partial charge in [-0.25, -0.2) is 4.98 Å². The zero-order chi connectivity index (χ0) is 13.5. The summed E-state index contributed by atoms with van der Waals surface area (Å²) >= 11 is 7.09. The van der Waals surface area contributed by atoms with Crippen LogP contribution >= 0.6 is 22.9 Å². The average Bonchev–Trinajstić information content (AvgIpc) is 2.73. The summed E-state index contributed by atoms with van der Waals surface area (Å²) in [4.78, 5) is 15.9. The Balaban J connectivity index is 2.34. The first-order valence-electron chi connectivity index (χ1n) is 5.60. The van der Waals surface area contributed by atoms with Crippen molar-refractivity contribution < 1.29 is 9.00 Å². The van der Waals surface area contributed by atoms with Crippen LogP contribution in [0.15, 0.2) is 5.38 Å². The number of rotatable bonds is 7. The van der Waals surface area contributed by atoms with Crippen molar-refractivity contribution in [3.63, 3.8) is 0 Å². The van der Waals surface area contributed by atoms with E-state index in [-0.39, 0.29) is 18.4 Å². The predicted octanol–water partition coefficient (Wildman–Crippen LogP) is 1.70. The minimum Gasteiger partial charge on any atom is -0.353 e. The molecule has 18 heavy (non-hydrogen) atoms. The zero-order valence-electron chi connectivity index (χ0n) is 10.4. The molecule has 0 fully saturated rings. The maximum atomic E-state index is 11.7. The van der Waals surface area contributed by atoms with Crippen molar-refractivity contribution in [3.05, 3.63) is 16.1 Å². The second-order valence-corrected chi connectivity index (χ2v) is 6.84. The van der Waals surface area contributed by atoms with Crippen LogP contribution in [0.4, 0.5) is 0 Å². The van der Waals surface area contributed by atoms with Gasteiger partial charge >= 0.3 is 0 Å². The Kier molecular flexibility index (Phi) is 6.81. The predicted molar refractivity (Wildman–Crippen MR) is 76.5 cm³/mol. The Morgan fingerprint density at radius 2 is 2.39 bits per heavy atom. The van der Waals surface area contributed by atoms with Crippen LogP contribution in [0.2, 0.25) is 0 Å². The zero-order valence-corrected chi connectivity index (χ0v) is 12.8. The summed E-state index contributed by atoms with van der Waals surface area (Å²) in [6.45, 7) is 1.91. The minimum absolute atomic E-state index is 0.0360. The van der Waals surface area contributed by atoms with Crippen molar-refractivity contribution in [1.82, 2.24) is 10.3 Å². The van der Waals surface area contributed by atoms with Gasteiger partial charge in [-0.15, -0.1) is 22.9 Å². The van der Waals surface area contributed by atoms with Gasteiger partial charge in [-0.3, -0.25) is 9.00 Å². The lowest BCUT2D eigenvalue weighted by atomic mass is 10.2. The van der Waals surface area contributed by atoms with Crippen LogP contribution < -0.4 is 5.32 Å². The van der Waals surface area contributed by atoms with Gasteiger partial charge in [0.1, 0.15) is 5.01 Å². The van der Waals surface area contributed by atoms with Crippen molar-refractivity contribution in [2.24, 2.45) is 0 Å². The third-order valence-corrected chi connectivity index (χ3v) is 4.28. The Bertz CT molecular complexity index is 423. The van der Waals surface area contributed by atoms with Gasteiger partial charge in [-0.2, -0.15) is 0 Å². The summed E-state index contributed by atoms with van der Waals surface area (Å²) in [7, 11) is -0.813. The third kappa shape index (κ3) is 5.93. The van der Waals surface area contributed by atoms with Crippen molar-refractivity contribution in [3.8, 4) is 0 Å². The molecule has 102 valence electrons. The molecule has 0 spiro atoms. The van der Waals surface area contributed by atoms with Crippen LogP contribution in [-0.4, -0.2) is 33.2 Å². The summed E-state index contributed by atoms with van der Waals surface area (Å²) in [5, 5.41) is 5.50. The van der Waals surface area contributed by atoms with Crippen LogP contribution in [-0.2, 0) is 27.9 Å². The van der Waals surface area contributed by atoms with Gasteiger partial charge < -0.3 is 5.32 Å². The van der Waals surface area contributed by atoms with E-state index in [0.29, 0.717) is 11.6 Å². The number of alkyl halides is 1. The van der Waals surface area contributed by atoms with E-state index in [4.69, 9.17) is 11.6 Å². The molecule has 0 bridgehead atoms. The first-order valence-corrected chi connectivity index (χ1v) is 8.74. The van der Waals surface area contributed by atoms with E-state index in [0.717, 1.165) is 17.1 Å². The van der Waals surface area contributed by atoms with Crippen LogP contribution in [0.1, 0.15) is 24.0 Å². The molecule has 1 aromatic heterocycles. The number of halogens is 1. The second-order valence-electron chi connectivity index (χ2n) is 4.08. The largest absolute Gasteiger partial charge is 0.353 e. The topological polar surface area (TPSA) is 59.1 Å². The van der Waals surface area contributed by atoms with Crippen molar-refractivity contribution in [1.29, 1.82) is 0 Å². The smallest absolute Gasteiger partial charge is 0.227 e. The van der Waals surface area contributed by atoms with Gasteiger partial charge in [0.2, 0.25) is 5.91 Å². The Labute approximate surface area is 119 Å². The number of nitrogens with zero attached hydrogens (tertiary/aromatic N) is 1. The number of aromatic nitrogens is 1. The van der Waals surface area contributed by atoms with E-state index >= 15 is 0 Å². The highest BCUT2D eigenvalue weighted by Gasteiger charge is 2.11. The molecule has 1 rings (SSSR count). The molecule has 4 nitrogen and oxygen atoms in total. The first kappa shape index (κ1) is 15.6. The third-order valence-electron chi connectivity index (χ3n) is 2.29. The maximum Gasteiger partial charge on any atom is 0.227 e. The van der Waals surface area contributed by atoms with E-state index in [1.54, 1.807) is 6.26 Å². The SMILES string of the molecule is CC(CCS(C)=O)NC(=O)Cc1nc(CCl)cs1. The molecule has 0 saturated heterocycles. The summed E-state index contributed by atoms with van der Waals surface area (Å²) < 4.78 is 10.9. The fourth-order valence-corrected chi connectivity index (χ4v) is 3.08. The second kappa shape index (κ2) is 7.86. The lowest BCUT2D eigenvalue weighted by Crippen LogP contribution is -2.34. The molecule has 2 atom stereocenters. The Morgan fingerprint density at radius 1 is 1.67 bits per heavy atom. The number of carbonyl (C=O) groups is 1. The highest BCUT2D eigenvalue weighted by molar-refractivity contribution is 7.84. The minimum atomic E-state index is -0.813. The van der Waals surface area contributed by atoms with Crippen LogP contribution in [0.25, 0.3) is 0 Å². The van der Waals surface area contributed by atoms with Gasteiger partial charge in [0.05, 0.1) is 18.0 Å². The molecule has 0 radical (unpaired) electrons. The van der Waals surface area contributed by atoms with Crippen molar-refractivity contribution >= 4 is 39.6 Å². The van der Waals surface area contributed by atoms with Gasteiger partial charge in [-0.05, 0) is 13.3 Å². The lowest BCUT2D eigenvalue weighted by molar-refractivity contribution is -0.121. The molecule has 1 N–H and O–H groups in total. The number of hydrogen-bond donors (Lipinski definition) is 1. The normalized spacial score (nSPS) is 14.2. The molecule has 0 aliphatic heterocycles. The fourth-order valence-electron chi connectivity index (χ4n) is 1.37. The summed E-state index contributed by atoms with van der Waals surface area (Å²) in [5.74, 6) is 0.922. The van der Waals surface area contributed by atoms with E-state index < -0.39 is 10.8 Å². The lowest BCUT2D eigenvalue weighted by Gasteiger charge is -2.12. The number of thiazole rings is 1. The van der Waals surface area contributed by atoms with Crippen LogP contribution in [0, 0.1) is 0 Å². The van der Waals surface area contributed by atoms with E-state index in [1.165, 1.54) is 11.3 Å². The van der Waals surface area contributed by atoms with Crippen molar-refractivity contribution in [2.75, 3.05) is 12.0 Å². The Hall–Kier alpha value is -0.460. The maximum absolute atomic E-state index is 11.7. The van der Waals surface area contributed by atoms with E-state index in [2.05, 4.69) is 10.3 Å². The summed E-state index contributed by atoms with van der Waals surface area (Å²) in [6.07, 6.45) is 2.67. The molecular weight excluding hydrogens is 292 g/mol. The summed E-state index contributed by atoms with van der Waals surface area (Å²) in [5.41, 5.74) is 0.805. The van der Waals surface area contributed by atoms with Crippen molar-refractivity contribution in [2.45, 2.75) is 31.7 Å². The average molecular weight is 309 g/mol. The molecule has 0 saturated carbocycles. The highest BCUT2D eigenvalue weighted by Crippen LogP contribution is 2.12. The monoisotopic (exact) mass is 308 g/mol. The Morgan fingerprint density at radius 3 is 2.94 bits per heavy atom. The number of hydrogen-bond acceptors (Lipinski definition) is 4. The van der Waals surface area contributed by atoms with Gasteiger partial charge in [0.25, 0.3) is 0 Å². The van der Waals surface area contributed by atoms with E-state index in [9.17, 15) is 9.00 Å². The number of nitrogens with one attached hydrogen (secondary N) is 1. The molecule has 2 unspecified atom stereocenters. The van der Waals surface area contributed by atoms with Gasteiger partial charge in [0, 0.05) is 34.2 Å². The first-order chi connectivity index (χ1) is 8.51. The molecule has 1 amide bonds. The number of amides is 1.